The Balaban J connectivity index is 1.60. The zero-order valence-corrected chi connectivity index (χ0v) is 13.6. The number of carbonyl (C=O) groups excluding carboxylic acids is 1. The van der Waals surface area contributed by atoms with Crippen LogP contribution in [-0.2, 0) is 11.2 Å². The second kappa shape index (κ2) is 7.68. The Kier molecular flexibility index (Phi) is 5.16. The summed E-state index contributed by atoms with van der Waals surface area (Å²) < 4.78 is 5.62. The van der Waals surface area contributed by atoms with Gasteiger partial charge in [-0.05, 0) is 42.3 Å². The first-order chi connectivity index (χ1) is 12.1. The molecule has 0 aliphatic carbocycles. The molecule has 0 saturated heterocycles. The van der Waals surface area contributed by atoms with Crippen molar-refractivity contribution in [3.8, 4) is 5.75 Å². The fraction of sp³-hybridized carbons (Fsp3) is 0.150. The van der Waals surface area contributed by atoms with E-state index in [1.165, 1.54) is 6.08 Å². The minimum Gasteiger partial charge on any atom is -0.508 e. The van der Waals surface area contributed by atoms with Crippen molar-refractivity contribution in [1.82, 2.24) is 5.32 Å². The second-order valence-corrected chi connectivity index (χ2v) is 5.78. The number of nitrogens with one attached hydrogen (secondary N) is 1. The first-order valence-corrected chi connectivity index (χ1v) is 8.00. The average Bonchev–Trinajstić information content (AvgIpc) is 3.04. The summed E-state index contributed by atoms with van der Waals surface area (Å²) in [5.74, 6) is 0.468. The smallest absolute Gasteiger partial charge is 0.244 e. The lowest BCUT2D eigenvalue weighted by Gasteiger charge is -2.15. The first-order valence-electron chi connectivity index (χ1n) is 8.00. The average molecular weight is 337 g/mol. The maximum absolute atomic E-state index is 12.1. The number of benzene rings is 2. The molecule has 3 rings (SSSR count). The normalized spacial score (nSPS) is 12.5. The molecule has 128 valence electrons. The molecule has 0 saturated carbocycles. The lowest BCUT2D eigenvalue weighted by atomic mass is 10.1. The van der Waals surface area contributed by atoms with Gasteiger partial charge in [-0.1, -0.05) is 30.3 Å². The lowest BCUT2D eigenvalue weighted by Crippen LogP contribution is -2.38. The molecular weight excluding hydrogens is 318 g/mol. The van der Waals surface area contributed by atoms with Gasteiger partial charge < -0.3 is 19.9 Å². The van der Waals surface area contributed by atoms with Crippen molar-refractivity contribution in [2.45, 2.75) is 12.5 Å². The van der Waals surface area contributed by atoms with Crippen LogP contribution >= 0.6 is 0 Å². The van der Waals surface area contributed by atoms with Gasteiger partial charge >= 0.3 is 0 Å². The highest BCUT2D eigenvalue weighted by Crippen LogP contribution is 2.19. The molecule has 0 spiro atoms. The fourth-order valence-corrected chi connectivity index (χ4v) is 2.57. The zero-order chi connectivity index (χ0) is 17.6. The van der Waals surface area contributed by atoms with Crippen LogP contribution < -0.4 is 5.32 Å². The Morgan fingerprint density at radius 1 is 1.16 bits per heavy atom. The van der Waals surface area contributed by atoms with Gasteiger partial charge in [0.15, 0.2) is 0 Å². The van der Waals surface area contributed by atoms with Crippen LogP contribution in [0.5, 0.6) is 5.75 Å². The monoisotopic (exact) mass is 337 g/mol. The quantitative estimate of drug-likeness (QED) is 0.604. The van der Waals surface area contributed by atoms with Gasteiger partial charge in [0.2, 0.25) is 5.91 Å². The molecule has 5 nitrogen and oxygen atoms in total. The van der Waals surface area contributed by atoms with Crippen molar-refractivity contribution in [2.24, 2.45) is 0 Å². The number of furan rings is 1. The fourth-order valence-electron chi connectivity index (χ4n) is 2.57. The highest BCUT2D eigenvalue weighted by atomic mass is 16.3. The van der Waals surface area contributed by atoms with Crippen LogP contribution in [0.15, 0.2) is 65.1 Å². The number of hydrogen-bond donors (Lipinski definition) is 3. The van der Waals surface area contributed by atoms with Gasteiger partial charge in [0.25, 0.3) is 0 Å². The van der Waals surface area contributed by atoms with Gasteiger partial charge in [-0.2, -0.15) is 0 Å². The standard InChI is InChI=1S/C20H19NO4/c22-13-16(11-14-5-7-17(23)8-6-14)21-20(24)10-9-18-12-15-3-1-2-4-19(15)25-18/h1-10,12,16,22-23H,11,13H2,(H,21,24)/b10-9+/t16-/m0/s1. The van der Waals surface area contributed by atoms with Crippen molar-refractivity contribution < 1.29 is 19.4 Å². The van der Waals surface area contributed by atoms with Crippen LogP contribution in [0.2, 0.25) is 0 Å². The maximum Gasteiger partial charge on any atom is 0.244 e. The highest BCUT2D eigenvalue weighted by Gasteiger charge is 2.11. The number of para-hydroxylation sites is 1. The van der Waals surface area contributed by atoms with Crippen molar-refractivity contribution in [3.63, 3.8) is 0 Å². The number of hydrogen-bond acceptors (Lipinski definition) is 4. The molecule has 1 aromatic heterocycles. The molecule has 0 radical (unpaired) electrons. The van der Waals surface area contributed by atoms with E-state index < -0.39 is 6.04 Å². The number of aromatic hydroxyl groups is 1. The molecule has 0 unspecified atom stereocenters. The Morgan fingerprint density at radius 2 is 1.92 bits per heavy atom. The molecule has 1 heterocycles. The van der Waals surface area contributed by atoms with Gasteiger partial charge in [-0.3, -0.25) is 4.79 Å². The van der Waals surface area contributed by atoms with E-state index in [0.717, 1.165) is 16.5 Å². The summed E-state index contributed by atoms with van der Waals surface area (Å²) in [4.78, 5) is 12.1. The van der Waals surface area contributed by atoms with E-state index in [0.29, 0.717) is 12.2 Å². The number of carbonyl (C=O) groups is 1. The minimum absolute atomic E-state index is 0.176. The van der Waals surface area contributed by atoms with Gasteiger partial charge in [-0.15, -0.1) is 0 Å². The largest absolute Gasteiger partial charge is 0.508 e. The van der Waals surface area contributed by atoms with Gasteiger partial charge in [-0.25, -0.2) is 0 Å². The summed E-state index contributed by atoms with van der Waals surface area (Å²) in [7, 11) is 0. The Hall–Kier alpha value is -3.05. The van der Waals surface area contributed by atoms with Crippen LogP contribution in [-0.4, -0.2) is 28.8 Å². The summed E-state index contributed by atoms with van der Waals surface area (Å²) in [6.07, 6.45) is 3.46. The Bertz CT molecular complexity index is 847. The maximum atomic E-state index is 12.1. The number of rotatable bonds is 6. The van der Waals surface area contributed by atoms with E-state index in [9.17, 15) is 15.0 Å². The molecule has 5 heteroatoms. The number of fused-ring (bicyclic) bond motifs is 1. The molecule has 25 heavy (non-hydrogen) atoms. The van der Waals surface area contributed by atoms with Gasteiger partial charge in [0.05, 0.1) is 12.6 Å². The number of aliphatic hydroxyl groups is 1. The summed E-state index contributed by atoms with van der Waals surface area (Å²) in [6.45, 7) is -0.176. The van der Waals surface area contributed by atoms with E-state index >= 15 is 0 Å². The van der Waals surface area contributed by atoms with Crippen LogP contribution in [0.25, 0.3) is 17.0 Å². The second-order valence-electron chi connectivity index (χ2n) is 5.78. The molecule has 1 atom stereocenters. The van der Waals surface area contributed by atoms with E-state index in [-0.39, 0.29) is 18.3 Å². The first kappa shape index (κ1) is 16.8. The molecule has 3 N–H and O–H groups in total. The molecule has 0 aliphatic rings. The molecule has 0 fully saturated rings. The minimum atomic E-state index is -0.405. The van der Waals surface area contributed by atoms with Crippen molar-refractivity contribution in [3.05, 3.63) is 72.0 Å². The molecule has 1 amide bonds. The highest BCUT2D eigenvalue weighted by molar-refractivity contribution is 5.92. The van der Waals surface area contributed by atoms with Crippen LogP contribution in [0.4, 0.5) is 0 Å². The number of phenols is 1. The third-order valence-electron chi connectivity index (χ3n) is 3.83. The van der Waals surface area contributed by atoms with E-state index in [1.54, 1.807) is 30.3 Å². The lowest BCUT2D eigenvalue weighted by molar-refractivity contribution is -0.117. The SMILES string of the molecule is O=C(/C=C/c1cc2ccccc2o1)N[C@H](CO)Cc1ccc(O)cc1. The number of aliphatic hydroxyl groups excluding tert-OH is 1. The van der Waals surface area contributed by atoms with Crippen molar-refractivity contribution >= 4 is 23.0 Å². The Labute approximate surface area is 145 Å². The summed E-state index contributed by atoms with van der Waals surface area (Å²) in [5, 5.41) is 22.5. The van der Waals surface area contributed by atoms with Crippen LogP contribution in [0.1, 0.15) is 11.3 Å². The van der Waals surface area contributed by atoms with E-state index in [1.807, 2.05) is 30.3 Å². The predicted octanol–water partition coefficient (Wildman–Crippen LogP) is 2.87. The third kappa shape index (κ3) is 4.49. The van der Waals surface area contributed by atoms with Gasteiger partial charge in [0, 0.05) is 11.5 Å². The summed E-state index contributed by atoms with van der Waals surface area (Å²) >= 11 is 0. The molecule has 3 aromatic rings. The molecular formula is C20H19NO4. The van der Waals surface area contributed by atoms with Crippen LogP contribution in [0.3, 0.4) is 0 Å². The zero-order valence-electron chi connectivity index (χ0n) is 13.6. The Morgan fingerprint density at radius 3 is 2.64 bits per heavy atom. The number of amides is 1. The molecule has 0 aliphatic heterocycles. The van der Waals surface area contributed by atoms with Crippen molar-refractivity contribution in [1.29, 1.82) is 0 Å². The van der Waals surface area contributed by atoms with Crippen LogP contribution in [0, 0.1) is 0 Å². The number of phenolic OH excluding ortho intramolecular Hbond substituents is 1. The van der Waals surface area contributed by atoms with Crippen molar-refractivity contribution in [2.75, 3.05) is 6.61 Å². The van der Waals surface area contributed by atoms with Gasteiger partial charge in [0.1, 0.15) is 17.1 Å². The van der Waals surface area contributed by atoms with E-state index in [4.69, 9.17) is 4.42 Å². The topological polar surface area (TPSA) is 82.7 Å². The third-order valence-corrected chi connectivity index (χ3v) is 3.83. The summed E-state index contributed by atoms with van der Waals surface area (Å²) in [6, 6.07) is 15.7. The molecule has 2 aromatic carbocycles. The summed E-state index contributed by atoms with van der Waals surface area (Å²) in [5.41, 5.74) is 1.68. The molecule has 0 bridgehead atoms. The predicted molar refractivity (Wildman–Crippen MR) is 96.1 cm³/mol. The van der Waals surface area contributed by atoms with E-state index in [2.05, 4.69) is 5.32 Å².